The average molecular weight is 873 g/mol. The Bertz CT molecular complexity index is 3710. The van der Waals surface area contributed by atoms with Gasteiger partial charge in [0.1, 0.15) is 0 Å². The molecule has 0 atom stereocenters. The molecule has 11 aromatic rings. The van der Waals surface area contributed by atoms with Gasteiger partial charge in [-0.2, -0.15) is 0 Å². The summed E-state index contributed by atoms with van der Waals surface area (Å²) in [5.41, 5.74) is 15.5. The van der Waals surface area contributed by atoms with Gasteiger partial charge in [-0.15, -0.1) is 0 Å². The van der Waals surface area contributed by atoms with E-state index in [-0.39, 0.29) is 10.8 Å². The predicted molar refractivity (Wildman–Crippen MR) is 276 cm³/mol. The molecule has 0 fully saturated rings. The van der Waals surface area contributed by atoms with Gasteiger partial charge in [0.2, 0.25) is 0 Å². The lowest BCUT2D eigenvalue weighted by Gasteiger charge is -2.24. The van der Waals surface area contributed by atoms with Gasteiger partial charge in [-0.05, 0) is 84.3 Å². The molecule has 0 spiro atoms. The molecule has 0 radical (unpaired) electrons. The van der Waals surface area contributed by atoms with E-state index >= 15 is 0 Å². The maximum atomic E-state index is 5.23. The van der Waals surface area contributed by atoms with Crippen molar-refractivity contribution in [2.24, 2.45) is 0 Å². The number of aromatic nitrogens is 6. The summed E-state index contributed by atoms with van der Waals surface area (Å²) in [6.45, 7) is 9.50. The van der Waals surface area contributed by atoms with Gasteiger partial charge < -0.3 is 0 Å². The minimum Gasteiger partial charge on any atom is -0.208 e. The van der Waals surface area contributed by atoms with Crippen LogP contribution in [-0.4, -0.2) is 29.9 Å². The van der Waals surface area contributed by atoms with Crippen LogP contribution in [-0.2, 0) is 10.8 Å². The molecule has 2 heterocycles. The van der Waals surface area contributed by atoms with E-state index in [1.165, 1.54) is 55.3 Å². The molecule has 0 N–H and O–H groups in total. The Balaban J connectivity index is 0.992. The Morgan fingerprint density at radius 2 is 0.588 bits per heavy atom. The molecule has 6 nitrogen and oxygen atoms in total. The Hall–Kier alpha value is -8.48. The number of nitrogens with zero attached hydrogens (tertiary/aromatic N) is 6. The molecule has 6 heteroatoms. The van der Waals surface area contributed by atoms with Crippen LogP contribution < -0.4 is 0 Å². The van der Waals surface area contributed by atoms with Crippen LogP contribution >= 0.6 is 0 Å². The van der Waals surface area contributed by atoms with Crippen LogP contribution in [0.4, 0.5) is 0 Å². The second-order valence-corrected chi connectivity index (χ2v) is 19.1. The standard InChI is InChI=1S/C62H44N6/c1-61(2)49-33-32-42-44(30-19-31-45(42)59-65-55(37-20-9-5-10-21-37)63-56(66-59)38-22-11-6-12-23-38)53(49)47-35-51-48(36-50(47)61)54-43-29-18-17-28-41(43)46(34-52(54)62(51,3)4)60-67-57(39-24-13-7-14-25-39)64-58(68-60)40-26-15-8-16-27-40/h5-36H,1-4H3. The van der Waals surface area contributed by atoms with Crippen molar-refractivity contribution in [3.8, 4) is 90.6 Å². The second-order valence-electron chi connectivity index (χ2n) is 19.1. The molecule has 0 bridgehead atoms. The zero-order valence-electron chi connectivity index (χ0n) is 38.2. The highest BCUT2D eigenvalue weighted by atomic mass is 15.0. The summed E-state index contributed by atoms with van der Waals surface area (Å²) in [5.74, 6) is 3.91. The molecule has 0 saturated carbocycles. The normalized spacial score (nSPS) is 13.8. The number of benzene rings is 9. The molecule has 0 unspecified atom stereocenters. The van der Waals surface area contributed by atoms with Crippen LogP contribution in [0.25, 0.3) is 112 Å². The first-order valence-corrected chi connectivity index (χ1v) is 23.3. The molecule has 9 aromatic carbocycles. The summed E-state index contributed by atoms with van der Waals surface area (Å²) in [6.07, 6.45) is 0. The zero-order valence-corrected chi connectivity index (χ0v) is 38.2. The van der Waals surface area contributed by atoms with E-state index in [4.69, 9.17) is 29.9 Å². The van der Waals surface area contributed by atoms with Crippen molar-refractivity contribution in [3.63, 3.8) is 0 Å². The molecule has 2 aliphatic carbocycles. The van der Waals surface area contributed by atoms with Crippen molar-refractivity contribution in [2.45, 2.75) is 38.5 Å². The minimum absolute atomic E-state index is 0.257. The molecule has 0 saturated heterocycles. The van der Waals surface area contributed by atoms with Crippen molar-refractivity contribution in [1.82, 2.24) is 29.9 Å². The molecule has 68 heavy (non-hydrogen) atoms. The van der Waals surface area contributed by atoms with E-state index in [1.54, 1.807) is 0 Å². The monoisotopic (exact) mass is 872 g/mol. The fourth-order valence-electron chi connectivity index (χ4n) is 10.9. The highest BCUT2D eigenvalue weighted by molar-refractivity contribution is 6.11. The smallest absolute Gasteiger partial charge is 0.164 e. The zero-order chi connectivity index (χ0) is 45.7. The van der Waals surface area contributed by atoms with Crippen LogP contribution in [0.2, 0.25) is 0 Å². The van der Waals surface area contributed by atoms with Crippen LogP contribution in [0.15, 0.2) is 194 Å². The van der Waals surface area contributed by atoms with Gasteiger partial charge in [-0.1, -0.05) is 204 Å². The van der Waals surface area contributed by atoms with E-state index < -0.39 is 0 Å². The molecule has 13 rings (SSSR count). The Labute approximate surface area is 395 Å². The van der Waals surface area contributed by atoms with Crippen molar-refractivity contribution in [2.75, 3.05) is 0 Å². The summed E-state index contributed by atoms with van der Waals surface area (Å²) in [6, 6.07) is 68.1. The third-order valence-corrected chi connectivity index (χ3v) is 14.4. The fraction of sp³-hybridized carbons (Fsp3) is 0.0968. The largest absolute Gasteiger partial charge is 0.208 e. The number of fused-ring (bicyclic) bond motifs is 10. The molecule has 322 valence electrons. The van der Waals surface area contributed by atoms with Crippen LogP contribution in [0.5, 0.6) is 0 Å². The van der Waals surface area contributed by atoms with E-state index in [0.29, 0.717) is 34.9 Å². The van der Waals surface area contributed by atoms with Crippen LogP contribution in [0.3, 0.4) is 0 Å². The lowest BCUT2D eigenvalue weighted by molar-refractivity contribution is 0.652. The highest BCUT2D eigenvalue weighted by Crippen LogP contribution is 2.59. The molecule has 0 aliphatic heterocycles. The second kappa shape index (κ2) is 15.0. The SMILES string of the molecule is CC1(C)c2cc3c(cc2-c2c1ccc1c(-c4nc(-c5ccccc5)nc(-c5ccccc5)n4)cccc21)C(C)(C)c1cc(-c2nc(-c4ccccc4)nc(-c4ccccc4)n2)c2ccccc2c1-3. The van der Waals surface area contributed by atoms with Crippen molar-refractivity contribution < 1.29 is 0 Å². The predicted octanol–water partition coefficient (Wildman–Crippen LogP) is 15.0. The first kappa shape index (κ1) is 39.8. The van der Waals surface area contributed by atoms with Crippen LogP contribution in [0.1, 0.15) is 49.9 Å². The molecular weight excluding hydrogens is 829 g/mol. The van der Waals surface area contributed by atoms with E-state index in [9.17, 15) is 0 Å². The summed E-state index contributed by atoms with van der Waals surface area (Å²) in [4.78, 5) is 30.8. The van der Waals surface area contributed by atoms with Gasteiger partial charge in [0.15, 0.2) is 34.9 Å². The van der Waals surface area contributed by atoms with Crippen molar-refractivity contribution in [1.29, 1.82) is 0 Å². The Kier molecular flexibility index (Phi) is 8.80. The molecule has 2 aromatic heterocycles. The van der Waals surface area contributed by atoms with Gasteiger partial charge in [0.05, 0.1) is 0 Å². The topological polar surface area (TPSA) is 77.3 Å². The minimum atomic E-state index is -0.342. The molecule has 2 aliphatic rings. The summed E-state index contributed by atoms with van der Waals surface area (Å²) in [5, 5.41) is 4.61. The Morgan fingerprint density at radius 3 is 1.06 bits per heavy atom. The fourth-order valence-corrected chi connectivity index (χ4v) is 10.9. The van der Waals surface area contributed by atoms with Crippen molar-refractivity contribution in [3.05, 3.63) is 216 Å². The number of rotatable bonds is 6. The first-order valence-electron chi connectivity index (χ1n) is 23.3. The highest BCUT2D eigenvalue weighted by Gasteiger charge is 2.43. The van der Waals surface area contributed by atoms with Gasteiger partial charge in [0.25, 0.3) is 0 Å². The van der Waals surface area contributed by atoms with Crippen LogP contribution in [0, 0.1) is 0 Å². The Morgan fingerprint density at radius 1 is 0.250 bits per heavy atom. The van der Waals surface area contributed by atoms with Gasteiger partial charge in [-0.3, -0.25) is 0 Å². The summed E-state index contributed by atoms with van der Waals surface area (Å²) < 4.78 is 0. The quantitative estimate of drug-likeness (QED) is 0.166. The summed E-state index contributed by atoms with van der Waals surface area (Å²) in [7, 11) is 0. The van der Waals surface area contributed by atoms with Gasteiger partial charge >= 0.3 is 0 Å². The molecular formula is C62H44N6. The number of hydrogen-bond donors (Lipinski definition) is 0. The molecule has 0 amide bonds. The van der Waals surface area contributed by atoms with E-state index in [2.05, 4.69) is 149 Å². The maximum Gasteiger partial charge on any atom is 0.164 e. The lowest BCUT2D eigenvalue weighted by Crippen LogP contribution is -2.17. The average Bonchev–Trinajstić information content (AvgIpc) is 3.77. The van der Waals surface area contributed by atoms with Crippen molar-refractivity contribution >= 4 is 21.5 Å². The van der Waals surface area contributed by atoms with E-state index in [0.717, 1.165) is 44.2 Å². The lowest BCUT2D eigenvalue weighted by atomic mass is 9.79. The first-order chi connectivity index (χ1) is 33.2. The van der Waals surface area contributed by atoms with Gasteiger partial charge in [0, 0.05) is 44.2 Å². The third kappa shape index (κ3) is 6.10. The summed E-state index contributed by atoms with van der Waals surface area (Å²) >= 11 is 0. The van der Waals surface area contributed by atoms with Gasteiger partial charge in [-0.25, -0.2) is 29.9 Å². The third-order valence-electron chi connectivity index (χ3n) is 14.4. The van der Waals surface area contributed by atoms with E-state index in [1.807, 2.05) is 72.8 Å². The number of hydrogen-bond acceptors (Lipinski definition) is 6. The maximum absolute atomic E-state index is 5.23.